The van der Waals surface area contributed by atoms with E-state index in [1.165, 1.54) is 4.68 Å². The third kappa shape index (κ3) is 2.99. The van der Waals surface area contributed by atoms with Crippen LogP contribution in [0.4, 0.5) is 0 Å². The first-order chi connectivity index (χ1) is 9.65. The number of nitrogens with zero attached hydrogens (tertiary/aromatic N) is 1. The summed E-state index contributed by atoms with van der Waals surface area (Å²) in [7, 11) is 0. The average molecular weight is 274 g/mol. The zero-order chi connectivity index (χ0) is 14.5. The van der Waals surface area contributed by atoms with E-state index in [0.29, 0.717) is 17.9 Å². The zero-order valence-corrected chi connectivity index (χ0v) is 11.7. The second-order valence-electron chi connectivity index (χ2n) is 4.47. The smallest absolute Gasteiger partial charge is 0.338 e. The van der Waals surface area contributed by atoms with E-state index in [1.54, 1.807) is 37.3 Å². The lowest BCUT2D eigenvalue weighted by molar-refractivity contribution is 0.0526. The number of benzene rings is 1. The number of ether oxygens (including phenoxy) is 1. The summed E-state index contributed by atoms with van der Waals surface area (Å²) in [5, 5.41) is 3.06. The highest BCUT2D eigenvalue weighted by Gasteiger charge is 2.08. The summed E-state index contributed by atoms with van der Waals surface area (Å²) in [6, 6.07) is 8.35. The van der Waals surface area contributed by atoms with Crippen LogP contribution in [0.15, 0.2) is 35.1 Å². The van der Waals surface area contributed by atoms with Gasteiger partial charge in [-0.3, -0.25) is 9.89 Å². The van der Waals surface area contributed by atoms with Crippen LogP contribution in [0.1, 0.15) is 36.3 Å². The van der Waals surface area contributed by atoms with Gasteiger partial charge in [0.1, 0.15) is 0 Å². The first-order valence-corrected chi connectivity index (χ1v) is 6.74. The van der Waals surface area contributed by atoms with Gasteiger partial charge in [-0.1, -0.05) is 13.3 Å². The van der Waals surface area contributed by atoms with Crippen molar-refractivity contribution in [3.05, 3.63) is 51.9 Å². The number of carbonyl (C=O) groups excluding carboxylic acids is 1. The van der Waals surface area contributed by atoms with Crippen LogP contribution in [-0.2, 0) is 11.2 Å². The lowest BCUT2D eigenvalue weighted by Gasteiger charge is -2.04. The van der Waals surface area contributed by atoms with Gasteiger partial charge >= 0.3 is 5.97 Å². The van der Waals surface area contributed by atoms with Gasteiger partial charge in [0.25, 0.3) is 5.56 Å². The van der Waals surface area contributed by atoms with Gasteiger partial charge in [0.15, 0.2) is 0 Å². The van der Waals surface area contributed by atoms with E-state index in [9.17, 15) is 9.59 Å². The minimum absolute atomic E-state index is 0.0997. The van der Waals surface area contributed by atoms with Gasteiger partial charge in [-0.25, -0.2) is 9.48 Å². The van der Waals surface area contributed by atoms with E-state index in [0.717, 1.165) is 18.5 Å². The summed E-state index contributed by atoms with van der Waals surface area (Å²) in [6.45, 7) is 4.17. The van der Waals surface area contributed by atoms with Gasteiger partial charge in [0.05, 0.1) is 17.9 Å². The summed E-state index contributed by atoms with van der Waals surface area (Å²) >= 11 is 0. The van der Waals surface area contributed by atoms with E-state index in [1.807, 2.05) is 0 Å². The summed E-state index contributed by atoms with van der Waals surface area (Å²) in [5.74, 6) is -0.357. The third-order valence-electron chi connectivity index (χ3n) is 2.93. The molecular formula is C15H18N2O3. The molecule has 0 atom stereocenters. The zero-order valence-electron chi connectivity index (χ0n) is 11.7. The molecule has 5 nitrogen and oxygen atoms in total. The van der Waals surface area contributed by atoms with Gasteiger partial charge in [-0.2, -0.15) is 0 Å². The molecule has 0 radical (unpaired) electrons. The Morgan fingerprint density at radius 3 is 2.55 bits per heavy atom. The van der Waals surface area contributed by atoms with Gasteiger partial charge in [0.2, 0.25) is 0 Å². The molecule has 0 bridgehead atoms. The van der Waals surface area contributed by atoms with Crippen LogP contribution < -0.4 is 5.56 Å². The van der Waals surface area contributed by atoms with Gasteiger partial charge in [-0.05, 0) is 37.6 Å². The summed E-state index contributed by atoms with van der Waals surface area (Å²) in [5.41, 5.74) is 1.98. The number of nitrogens with one attached hydrogen (secondary N) is 1. The molecule has 2 aromatic rings. The molecule has 1 heterocycles. The van der Waals surface area contributed by atoms with Crippen LogP contribution in [0.2, 0.25) is 0 Å². The number of aromatic amines is 1. The number of H-pyrrole nitrogens is 1. The molecule has 0 saturated heterocycles. The molecule has 0 aliphatic heterocycles. The Morgan fingerprint density at radius 1 is 1.25 bits per heavy atom. The summed E-state index contributed by atoms with van der Waals surface area (Å²) < 4.78 is 6.39. The van der Waals surface area contributed by atoms with Crippen molar-refractivity contribution in [2.45, 2.75) is 26.7 Å². The second kappa shape index (κ2) is 6.23. The quantitative estimate of drug-likeness (QED) is 0.851. The second-order valence-corrected chi connectivity index (χ2v) is 4.47. The molecule has 106 valence electrons. The van der Waals surface area contributed by atoms with Crippen LogP contribution >= 0.6 is 0 Å². The van der Waals surface area contributed by atoms with Crippen molar-refractivity contribution in [3.8, 4) is 5.69 Å². The number of rotatable bonds is 5. The van der Waals surface area contributed by atoms with Crippen LogP contribution in [0.5, 0.6) is 0 Å². The highest BCUT2D eigenvalue weighted by molar-refractivity contribution is 5.89. The molecule has 1 aromatic heterocycles. The Hall–Kier alpha value is -2.30. The highest BCUT2D eigenvalue weighted by Crippen LogP contribution is 2.09. The molecule has 1 N–H and O–H groups in total. The lowest BCUT2D eigenvalue weighted by atomic mass is 10.2. The fourth-order valence-corrected chi connectivity index (χ4v) is 1.99. The van der Waals surface area contributed by atoms with E-state index >= 15 is 0 Å². The van der Waals surface area contributed by atoms with Crippen molar-refractivity contribution in [1.82, 2.24) is 9.78 Å². The largest absolute Gasteiger partial charge is 0.462 e. The van der Waals surface area contributed by atoms with Gasteiger partial charge in [-0.15, -0.1) is 0 Å². The minimum atomic E-state index is -0.357. The predicted molar refractivity (Wildman–Crippen MR) is 76.3 cm³/mol. The van der Waals surface area contributed by atoms with E-state index in [4.69, 9.17) is 4.74 Å². The molecule has 0 amide bonds. The summed E-state index contributed by atoms with van der Waals surface area (Å²) in [4.78, 5) is 23.4. The fraction of sp³-hybridized carbons (Fsp3) is 0.333. The first-order valence-electron chi connectivity index (χ1n) is 6.74. The van der Waals surface area contributed by atoms with Crippen molar-refractivity contribution in [3.63, 3.8) is 0 Å². The number of hydrogen-bond acceptors (Lipinski definition) is 3. The van der Waals surface area contributed by atoms with Crippen LogP contribution in [-0.4, -0.2) is 22.4 Å². The summed E-state index contributed by atoms with van der Waals surface area (Å²) in [6.07, 6.45) is 1.81. The molecule has 0 aliphatic carbocycles. The first kappa shape index (κ1) is 14.1. The molecule has 0 aliphatic rings. The van der Waals surface area contributed by atoms with Crippen molar-refractivity contribution < 1.29 is 9.53 Å². The fourth-order valence-electron chi connectivity index (χ4n) is 1.99. The molecule has 5 heteroatoms. The van der Waals surface area contributed by atoms with Crippen LogP contribution in [0.3, 0.4) is 0 Å². The average Bonchev–Trinajstić information content (AvgIpc) is 2.80. The van der Waals surface area contributed by atoms with Crippen molar-refractivity contribution >= 4 is 5.97 Å². The SMILES string of the molecule is CCCc1cc(=O)n(-c2ccc(C(=O)OCC)cc2)[nH]1. The van der Waals surface area contributed by atoms with Crippen molar-refractivity contribution in [2.75, 3.05) is 6.61 Å². The van der Waals surface area contributed by atoms with Crippen LogP contribution in [0, 0.1) is 0 Å². The maximum Gasteiger partial charge on any atom is 0.338 e. The molecule has 20 heavy (non-hydrogen) atoms. The normalized spacial score (nSPS) is 10.5. The van der Waals surface area contributed by atoms with Crippen molar-refractivity contribution in [1.29, 1.82) is 0 Å². The van der Waals surface area contributed by atoms with Gasteiger partial charge < -0.3 is 4.74 Å². The van der Waals surface area contributed by atoms with Crippen LogP contribution in [0.25, 0.3) is 5.69 Å². The number of aromatic nitrogens is 2. The highest BCUT2D eigenvalue weighted by atomic mass is 16.5. The Balaban J connectivity index is 2.26. The van der Waals surface area contributed by atoms with E-state index in [2.05, 4.69) is 12.0 Å². The number of carbonyl (C=O) groups is 1. The Kier molecular flexibility index (Phi) is 4.40. The molecule has 0 unspecified atom stereocenters. The molecular weight excluding hydrogens is 256 g/mol. The number of aryl methyl sites for hydroxylation is 1. The lowest BCUT2D eigenvalue weighted by Crippen LogP contribution is -2.13. The molecule has 0 spiro atoms. The maximum atomic E-state index is 11.9. The Bertz CT molecular complexity index is 638. The van der Waals surface area contributed by atoms with E-state index < -0.39 is 0 Å². The Labute approximate surface area is 117 Å². The van der Waals surface area contributed by atoms with Gasteiger partial charge in [0, 0.05) is 11.8 Å². The number of esters is 1. The predicted octanol–water partition coefficient (Wildman–Crippen LogP) is 2.29. The molecule has 0 saturated carbocycles. The maximum absolute atomic E-state index is 11.9. The van der Waals surface area contributed by atoms with E-state index in [-0.39, 0.29) is 11.5 Å². The monoisotopic (exact) mass is 274 g/mol. The third-order valence-corrected chi connectivity index (χ3v) is 2.93. The molecule has 2 rings (SSSR count). The van der Waals surface area contributed by atoms with Crippen molar-refractivity contribution in [2.24, 2.45) is 0 Å². The Morgan fingerprint density at radius 2 is 1.95 bits per heavy atom. The topological polar surface area (TPSA) is 64.1 Å². The molecule has 0 fully saturated rings. The molecule has 1 aromatic carbocycles. The number of hydrogen-bond donors (Lipinski definition) is 1. The minimum Gasteiger partial charge on any atom is -0.462 e. The standard InChI is InChI=1S/C15H18N2O3/c1-3-5-12-10-14(18)17(16-12)13-8-6-11(7-9-13)15(19)20-4-2/h6-10,16H,3-5H2,1-2H3.